The number of para-hydroxylation sites is 1. The summed E-state index contributed by atoms with van der Waals surface area (Å²) in [5, 5.41) is 3.29. The first-order chi connectivity index (χ1) is 8.31. The van der Waals surface area contributed by atoms with Crippen molar-refractivity contribution in [3.05, 3.63) is 41.6 Å². The van der Waals surface area contributed by atoms with Gasteiger partial charge in [0.25, 0.3) is 0 Å². The number of carbonyl (C=O) groups excluding carboxylic acids is 1. The van der Waals surface area contributed by atoms with Crippen molar-refractivity contribution in [2.75, 3.05) is 23.4 Å². The number of hydrogen-bond donors (Lipinski definition) is 1. The highest BCUT2D eigenvalue weighted by Crippen LogP contribution is 2.26. The SMILES string of the molecule is CCOC(=O)C1=C(Nc2ccccc2)CSC1. The molecule has 90 valence electrons. The predicted octanol–water partition coefficient (Wildman–Crippen LogP) is 2.66. The monoisotopic (exact) mass is 249 g/mol. The molecule has 0 unspecified atom stereocenters. The van der Waals surface area contributed by atoms with Gasteiger partial charge in [0.05, 0.1) is 12.2 Å². The minimum Gasteiger partial charge on any atom is -0.463 e. The molecule has 3 nitrogen and oxygen atoms in total. The summed E-state index contributed by atoms with van der Waals surface area (Å²) in [4.78, 5) is 11.7. The van der Waals surface area contributed by atoms with Crippen LogP contribution in [0.1, 0.15) is 6.92 Å². The summed E-state index contributed by atoms with van der Waals surface area (Å²) in [6.07, 6.45) is 0. The first-order valence-corrected chi connectivity index (χ1v) is 6.75. The zero-order chi connectivity index (χ0) is 12.1. The lowest BCUT2D eigenvalue weighted by molar-refractivity contribution is -0.138. The number of carbonyl (C=O) groups is 1. The maximum absolute atomic E-state index is 11.7. The standard InChI is InChI=1S/C13H15NO2S/c1-2-16-13(15)11-8-17-9-12(11)14-10-6-4-3-5-7-10/h3-7,14H,2,8-9H2,1H3. The molecule has 0 radical (unpaired) electrons. The summed E-state index contributed by atoms with van der Waals surface area (Å²) in [5.74, 6) is 1.37. The molecule has 1 aromatic carbocycles. The van der Waals surface area contributed by atoms with E-state index >= 15 is 0 Å². The van der Waals surface area contributed by atoms with Crippen LogP contribution in [0.5, 0.6) is 0 Å². The van der Waals surface area contributed by atoms with Gasteiger partial charge >= 0.3 is 5.97 Å². The summed E-state index contributed by atoms with van der Waals surface area (Å²) in [6, 6.07) is 9.87. The van der Waals surface area contributed by atoms with E-state index in [1.165, 1.54) is 0 Å². The van der Waals surface area contributed by atoms with Crippen molar-refractivity contribution in [3.8, 4) is 0 Å². The van der Waals surface area contributed by atoms with Gasteiger partial charge in [0.2, 0.25) is 0 Å². The van der Waals surface area contributed by atoms with Crippen LogP contribution in [-0.2, 0) is 9.53 Å². The average Bonchev–Trinajstić information content (AvgIpc) is 2.79. The number of nitrogens with one attached hydrogen (secondary N) is 1. The van der Waals surface area contributed by atoms with Gasteiger partial charge in [-0.1, -0.05) is 18.2 Å². The first-order valence-electron chi connectivity index (χ1n) is 5.60. The third-order valence-electron chi connectivity index (χ3n) is 2.45. The molecule has 17 heavy (non-hydrogen) atoms. The highest BCUT2D eigenvalue weighted by molar-refractivity contribution is 8.00. The number of ether oxygens (including phenoxy) is 1. The number of esters is 1. The first kappa shape index (κ1) is 12.0. The van der Waals surface area contributed by atoms with Gasteiger partial charge in [-0.2, -0.15) is 11.8 Å². The minimum absolute atomic E-state index is 0.198. The Hall–Kier alpha value is -1.42. The molecule has 1 N–H and O–H groups in total. The Morgan fingerprint density at radius 2 is 2.12 bits per heavy atom. The van der Waals surface area contributed by atoms with Gasteiger partial charge in [-0.25, -0.2) is 4.79 Å². The molecule has 0 saturated carbocycles. The molecule has 1 aliphatic heterocycles. The van der Waals surface area contributed by atoms with Crippen molar-refractivity contribution in [2.24, 2.45) is 0 Å². The van der Waals surface area contributed by atoms with Crippen LogP contribution >= 0.6 is 11.8 Å². The van der Waals surface area contributed by atoms with E-state index in [2.05, 4.69) is 5.32 Å². The van der Waals surface area contributed by atoms with E-state index in [0.29, 0.717) is 6.61 Å². The normalized spacial score (nSPS) is 14.9. The fourth-order valence-electron chi connectivity index (χ4n) is 1.64. The molecule has 0 bridgehead atoms. The Morgan fingerprint density at radius 1 is 1.35 bits per heavy atom. The predicted molar refractivity (Wildman–Crippen MR) is 71.0 cm³/mol. The molecular formula is C13H15NO2S. The van der Waals surface area contributed by atoms with E-state index < -0.39 is 0 Å². The second-order valence-corrected chi connectivity index (χ2v) is 4.65. The Kier molecular flexibility index (Phi) is 4.09. The number of rotatable bonds is 4. The lowest BCUT2D eigenvalue weighted by atomic mass is 10.2. The average molecular weight is 249 g/mol. The molecule has 0 aliphatic carbocycles. The van der Waals surface area contributed by atoms with Crippen LogP contribution in [0.3, 0.4) is 0 Å². The van der Waals surface area contributed by atoms with Crippen molar-refractivity contribution < 1.29 is 9.53 Å². The second-order valence-electron chi connectivity index (χ2n) is 3.66. The minimum atomic E-state index is -0.198. The number of hydrogen-bond acceptors (Lipinski definition) is 4. The maximum atomic E-state index is 11.7. The van der Waals surface area contributed by atoms with E-state index in [1.54, 1.807) is 11.8 Å². The van der Waals surface area contributed by atoms with Crippen LogP contribution in [0, 0.1) is 0 Å². The van der Waals surface area contributed by atoms with E-state index in [9.17, 15) is 4.79 Å². The van der Waals surface area contributed by atoms with Gasteiger partial charge < -0.3 is 10.1 Å². The van der Waals surface area contributed by atoms with Crippen LogP contribution < -0.4 is 5.32 Å². The largest absolute Gasteiger partial charge is 0.463 e. The Balaban J connectivity index is 2.13. The van der Waals surface area contributed by atoms with Gasteiger partial charge in [0, 0.05) is 22.9 Å². The van der Waals surface area contributed by atoms with Crippen LogP contribution in [0.4, 0.5) is 5.69 Å². The fraction of sp³-hybridized carbons (Fsp3) is 0.308. The molecule has 1 aromatic rings. The quantitative estimate of drug-likeness (QED) is 0.833. The number of anilines is 1. The molecule has 0 spiro atoms. The van der Waals surface area contributed by atoms with Gasteiger partial charge in [-0.15, -0.1) is 0 Å². The van der Waals surface area contributed by atoms with E-state index in [4.69, 9.17) is 4.74 Å². The highest BCUT2D eigenvalue weighted by atomic mass is 32.2. The smallest absolute Gasteiger partial charge is 0.336 e. The molecule has 1 heterocycles. The summed E-state index contributed by atoms with van der Waals surface area (Å²) >= 11 is 1.73. The second kappa shape index (κ2) is 5.77. The Bertz CT molecular complexity index is 428. The fourth-order valence-corrected chi connectivity index (χ4v) is 2.69. The van der Waals surface area contributed by atoms with E-state index in [0.717, 1.165) is 28.5 Å². The van der Waals surface area contributed by atoms with Crippen molar-refractivity contribution in [2.45, 2.75) is 6.92 Å². The molecule has 0 amide bonds. The van der Waals surface area contributed by atoms with Crippen LogP contribution in [0.15, 0.2) is 41.6 Å². The maximum Gasteiger partial charge on any atom is 0.336 e. The van der Waals surface area contributed by atoms with E-state index in [-0.39, 0.29) is 5.97 Å². The van der Waals surface area contributed by atoms with Gasteiger partial charge in [0.1, 0.15) is 0 Å². The molecule has 0 saturated heterocycles. The lowest BCUT2D eigenvalue weighted by Gasteiger charge is -2.09. The summed E-state index contributed by atoms with van der Waals surface area (Å²) in [6.45, 7) is 2.25. The molecule has 2 rings (SSSR count). The van der Waals surface area contributed by atoms with Crippen LogP contribution in [0.2, 0.25) is 0 Å². The zero-order valence-electron chi connectivity index (χ0n) is 9.73. The van der Waals surface area contributed by atoms with Crippen LogP contribution in [-0.4, -0.2) is 24.1 Å². The van der Waals surface area contributed by atoms with Gasteiger partial charge in [-0.3, -0.25) is 0 Å². The van der Waals surface area contributed by atoms with E-state index in [1.807, 2.05) is 37.3 Å². The Morgan fingerprint density at radius 3 is 2.82 bits per heavy atom. The Labute approximate surface area is 105 Å². The summed E-state index contributed by atoms with van der Waals surface area (Å²) in [5.41, 5.74) is 2.74. The topological polar surface area (TPSA) is 38.3 Å². The van der Waals surface area contributed by atoms with Crippen molar-refractivity contribution in [1.29, 1.82) is 0 Å². The third kappa shape index (κ3) is 3.03. The number of benzene rings is 1. The molecule has 4 heteroatoms. The van der Waals surface area contributed by atoms with Gasteiger partial charge in [0.15, 0.2) is 0 Å². The van der Waals surface area contributed by atoms with Crippen molar-refractivity contribution in [3.63, 3.8) is 0 Å². The zero-order valence-corrected chi connectivity index (χ0v) is 10.5. The molecule has 0 atom stereocenters. The molecular weight excluding hydrogens is 234 g/mol. The van der Waals surface area contributed by atoms with Gasteiger partial charge in [-0.05, 0) is 19.1 Å². The van der Waals surface area contributed by atoms with Crippen molar-refractivity contribution >= 4 is 23.4 Å². The summed E-state index contributed by atoms with van der Waals surface area (Å²) in [7, 11) is 0. The number of thioether (sulfide) groups is 1. The summed E-state index contributed by atoms with van der Waals surface area (Å²) < 4.78 is 5.04. The molecule has 1 aliphatic rings. The lowest BCUT2D eigenvalue weighted by Crippen LogP contribution is -2.12. The van der Waals surface area contributed by atoms with Crippen LogP contribution in [0.25, 0.3) is 0 Å². The third-order valence-corrected chi connectivity index (χ3v) is 3.43. The highest BCUT2D eigenvalue weighted by Gasteiger charge is 2.22. The van der Waals surface area contributed by atoms with Crippen molar-refractivity contribution in [1.82, 2.24) is 0 Å². The molecule has 0 aromatic heterocycles. The molecule has 0 fully saturated rings.